The van der Waals surface area contributed by atoms with Gasteiger partial charge in [0.15, 0.2) is 0 Å². The number of ether oxygens (including phenoxy) is 1. The Kier molecular flexibility index (Phi) is 6.76. The molecular weight excluding hydrogens is 258 g/mol. The summed E-state index contributed by atoms with van der Waals surface area (Å²) in [7, 11) is 0. The molecule has 1 saturated carbocycles. The first-order chi connectivity index (χ1) is 9.35. The van der Waals surface area contributed by atoms with Crippen molar-refractivity contribution in [2.24, 2.45) is 11.8 Å². The van der Waals surface area contributed by atoms with Gasteiger partial charge in [-0.05, 0) is 45.4 Å². The molecule has 1 rings (SSSR count). The predicted molar refractivity (Wildman–Crippen MR) is 77.4 cm³/mol. The largest absolute Gasteiger partial charge is 0.444 e. The van der Waals surface area contributed by atoms with E-state index in [0.717, 1.165) is 6.42 Å². The molecule has 5 nitrogen and oxygen atoms in total. The fourth-order valence-electron chi connectivity index (χ4n) is 2.58. The van der Waals surface area contributed by atoms with Crippen LogP contribution >= 0.6 is 0 Å². The normalized spacial score (nSPS) is 19.1. The monoisotopic (exact) mass is 287 g/mol. The average molecular weight is 287 g/mol. The van der Waals surface area contributed by atoms with Crippen LogP contribution in [0.5, 0.6) is 0 Å². The smallest absolute Gasteiger partial charge is 0.407 e. The molecule has 0 aromatic heterocycles. The Labute approximate surface area is 121 Å². The zero-order valence-corrected chi connectivity index (χ0v) is 12.9. The quantitative estimate of drug-likeness (QED) is 0.669. The van der Waals surface area contributed by atoms with E-state index in [9.17, 15) is 15.0 Å². The number of hydrogen-bond donors (Lipinski definition) is 3. The summed E-state index contributed by atoms with van der Waals surface area (Å²) >= 11 is 0. The van der Waals surface area contributed by atoms with Crippen molar-refractivity contribution < 1.29 is 19.7 Å². The lowest BCUT2D eigenvalue weighted by Crippen LogP contribution is -2.46. The maximum atomic E-state index is 11.8. The third kappa shape index (κ3) is 6.09. The van der Waals surface area contributed by atoms with Crippen LogP contribution < -0.4 is 5.32 Å². The first kappa shape index (κ1) is 17.2. The van der Waals surface area contributed by atoms with Crippen LogP contribution in [0.25, 0.3) is 0 Å². The highest BCUT2D eigenvalue weighted by Gasteiger charge is 2.29. The second-order valence-electron chi connectivity index (χ2n) is 6.74. The number of carbonyl (C=O) groups excluding carboxylic acids is 1. The lowest BCUT2D eigenvalue weighted by atomic mass is 9.76. The predicted octanol–water partition coefficient (Wildman–Crippen LogP) is 2.06. The number of amides is 1. The lowest BCUT2D eigenvalue weighted by molar-refractivity contribution is 0.0425. The van der Waals surface area contributed by atoms with Crippen LogP contribution in [-0.2, 0) is 4.74 Å². The minimum Gasteiger partial charge on any atom is -0.444 e. The van der Waals surface area contributed by atoms with E-state index < -0.39 is 11.7 Å². The summed E-state index contributed by atoms with van der Waals surface area (Å²) in [6.07, 6.45) is 4.73. The molecule has 0 spiro atoms. The van der Waals surface area contributed by atoms with Gasteiger partial charge in [0, 0.05) is 6.61 Å². The zero-order chi connectivity index (χ0) is 15.2. The van der Waals surface area contributed by atoms with Crippen molar-refractivity contribution in [3.8, 4) is 0 Å². The molecule has 5 heteroatoms. The van der Waals surface area contributed by atoms with E-state index in [4.69, 9.17) is 4.74 Å². The number of alkyl carbamates (subject to hydrolysis) is 1. The molecule has 118 valence electrons. The number of nitrogens with one attached hydrogen (secondary N) is 1. The molecule has 1 aliphatic carbocycles. The van der Waals surface area contributed by atoms with Gasteiger partial charge in [-0.2, -0.15) is 0 Å². The fourth-order valence-corrected chi connectivity index (χ4v) is 2.58. The maximum absolute atomic E-state index is 11.8. The summed E-state index contributed by atoms with van der Waals surface area (Å²) in [4.78, 5) is 11.8. The van der Waals surface area contributed by atoms with Gasteiger partial charge in [0.05, 0.1) is 12.6 Å². The van der Waals surface area contributed by atoms with Crippen LogP contribution in [0.1, 0.15) is 52.9 Å². The van der Waals surface area contributed by atoms with Crippen LogP contribution in [0.2, 0.25) is 0 Å². The van der Waals surface area contributed by atoms with E-state index in [1.54, 1.807) is 20.8 Å². The summed E-state index contributed by atoms with van der Waals surface area (Å²) < 4.78 is 5.22. The molecule has 1 amide bonds. The summed E-state index contributed by atoms with van der Waals surface area (Å²) in [6.45, 7) is 5.36. The van der Waals surface area contributed by atoms with Crippen LogP contribution in [-0.4, -0.2) is 41.2 Å². The zero-order valence-electron chi connectivity index (χ0n) is 12.9. The Morgan fingerprint density at radius 3 is 2.40 bits per heavy atom. The van der Waals surface area contributed by atoms with Crippen molar-refractivity contribution in [1.82, 2.24) is 5.32 Å². The summed E-state index contributed by atoms with van der Waals surface area (Å²) in [5, 5.41) is 21.4. The van der Waals surface area contributed by atoms with Gasteiger partial charge in [0.25, 0.3) is 0 Å². The number of carbonyl (C=O) groups is 1. The highest BCUT2D eigenvalue weighted by molar-refractivity contribution is 5.68. The number of rotatable bonds is 7. The number of hydrogen-bond acceptors (Lipinski definition) is 4. The first-order valence-corrected chi connectivity index (χ1v) is 7.57. The fraction of sp³-hybridized carbons (Fsp3) is 0.933. The van der Waals surface area contributed by atoms with Crippen LogP contribution in [0.15, 0.2) is 0 Å². The molecule has 0 aromatic rings. The molecule has 0 aromatic carbocycles. The summed E-state index contributed by atoms with van der Waals surface area (Å²) in [5.41, 5.74) is -0.551. The molecule has 20 heavy (non-hydrogen) atoms. The Balaban J connectivity index is 2.52. The van der Waals surface area contributed by atoms with Gasteiger partial charge in [0.1, 0.15) is 5.60 Å². The van der Waals surface area contributed by atoms with Gasteiger partial charge in [-0.25, -0.2) is 4.79 Å². The molecule has 3 N–H and O–H groups in total. The minimum atomic E-state index is -0.551. The molecule has 1 aliphatic rings. The maximum Gasteiger partial charge on any atom is 0.407 e. The van der Waals surface area contributed by atoms with Gasteiger partial charge in [-0.15, -0.1) is 0 Å². The van der Waals surface area contributed by atoms with Crippen LogP contribution in [0.3, 0.4) is 0 Å². The van der Waals surface area contributed by atoms with Crippen molar-refractivity contribution in [3.63, 3.8) is 0 Å². The van der Waals surface area contributed by atoms with Crippen molar-refractivity contribution in [3.05, 3.63) is 0 Å². The lowest BCUT2D eigenvalue weighted by Gasteiger charge is -2.33. The average Bonchev–Trinajstić information content (AvgIpc) is 2.27. The molecular formula is C15H29NO4. The van der Waals surface area contributed by atoms with Crippen molar-refractivity contribution in [1.29, 1.82) is 0 Å². The molecule has 0 heterocycles. The third-order valence-corrected chi connectivity index (χ3v) is 3.83. The van der Waals surface area contributed by atoms with Gasteiger partial charge in [-0.3, -0.25) is 0 Å². The summed E-state index contributed by atoms with van der Waals surface area (Å²) in [5.74, 6) is 0.767. The van der Waals surface area contributed by atoms with Crippen LogP contribution in [0.4, 0.5) is 4.79 Å². The Morgan fingerprint density at radius 1 is 1.35 bits per heavy atom. The SMILES string of the molecule is CC(C)(C)OC(=O)N[C@@H](CO)[C@@H](CCO)CC1CCC1. The molecule has 2 atom stereocenters. The second kappa shape index (κ2) is 7.84. The van der Waals surface area contributed by atoms with Gasteiger partial charge < -0.3 is 20.3 Å². The summed E-state index contributed by atoms with van der Waals surface area (Å²) in [6, 6.07) is -0.349. The Hall–Kier alpha value is -0.810. The van der Waals surface area contributed by atoms with Gasteiger partial charge in [-0.1, -0.05) is 19.3 Å². The third-order valence-electron chi connectivity index (χ3n) is 3.83. The van der Waals surface area contributed by atoms with Crippen LogP contribution in [0, 0.1) is 11.8 Å². The van der Waals surface area contributed by atoms with E-state index in [1.165, 1.54) is 19.3 Å². The number of aliphatic hydroxyl groups is 2. The molecule has 1 fully saturated rings. The van der Waals surface area contributed by atoms with E-state index in [2.05, 4.69) is 5.32 Å². The Morgan fingerprint density at radius 2 is 2.00 bits per heavy atom. The molecule has 0 aliphatic heterocycles. The van der Waals surface area contributed by atoms with E-state index >= 15 is 0 Å². The highest BCUT2D eigenvalue weighted by Crippen LogP contribution is 2.34. The van der Waals surface area contributed by atoms with Gasteiger partial charge >= 0.3 is 6.09 Å². The Bertz CT molecular complexity index is 297. The van der Waals surface area contributed by atoms with Crippen molar-refractivity contribution in [2.45, 2.75) is 64.5 Å². The van der Waals surface area contributed by atoms with E-state index in [-0.39, 0.29) is 25.2 Å². The second-order valence-corrected chi connectivity index (χ2v) is 6.74. The first-order valence-electron chi connectivity index (χ1n) is 7.57. The molecule has 0 bridgehead atoms. The van der Waals surface area contributed by atoms with Crippen molar-refractivity contribution >= 4 is 6.09 Å². The molecule has 0 radical (unpaired) electrons. The minimum absolute atomic E-state index is 0.0733. The standard InChI is InChI=1S/C15H29NO4/c1-15(2,3)20-14(19)16-13(10-18)12(7-8-17)9-11-5-4-6-11/h11-13,17-18H,4-10H2,1-3H3,(H,16,19)/t12-,13-/m0/s1. The molecule has 0 saturated heterocycles. The topological polar surface area (TPSA) is 78.8 Å². The molecule has 0 unspecified atom stereocenters. The van der Waals surface area contributed by atoms with Gasteiger partial charge in [0.2, 0.25) is 0 Å². The highest BCUT2D eigenvalue weighted by atomic mass is 16.6. The van der Waals surface area contributed by atoms with E-state index in [0.29, 0.717) is 12.3 Å². The van der Waals surface area contributed by atoms with E-state index in [1.807, 2.05) is 0 Å². The van der Waals surface area contributed by atoms with Crippen molar-refractivity contribution in [2.75, 3.05) is 13.2 Å². The number of aliphatic hydroxyl groups excluding tert-OH is 2.